The van der Waals surface area contributed by atoms with Crippen LogP contribution >= 0.6 is 39.9 Å². The van der Waals surface area contributed by atoms with Crippen molar-refractivity contribution in [3.63, 3.8) is 0 Å². The summed E-state index contributed by atoms with van der Waals surface area (Å²) in [4.78, 5) is 4.23. The molecule has 24 heavy (non-hydrogen) atoms. The van der Waals surface area contributed by atoms with Crippen molar-refractivity contribution < 1.29 is 9.47 Å². The lowest BCUT2D eigenvalue weighted by atomic mass is 10.2. The van der Waals surface area contributed by atoms with Gasteiger partial charge in [-0.2, -0.15) is 0 Å². The number of guanidine groups is 1. The Hall–Kier alpha value is -0.380. The minimum Gasteiger partial charge on any atom is -0.379 e. The van der Waals surface area contributed by atoms with E-state index in [-0.39, 0.29) is 24.0 Å². The summed E-state index contributed by atoms with van der Waals surface area (Å²) < 4.78 is 12.3. The Kier molecular flexibility index (Phi) is 11.7. The molecule has 136 valence electrons. The molecule has 2 rings (SSSR count). The Bertz CT molecular complexity index is 496. The molecule has 5 nitrogen and oxygen atoms in total. The van der Waals surface area contributed by atoms with Gasteiger partial charge in [-0.15, -0.1) is 24.0 Å². The molecule has 0 bridgehead atoms. The quantitative estimate of drug-likeness (QED) is 0.243. The smallest absolute Gasteiger partial charge is 0.191 e. The van der Waals surface area contributed by atoms with Crippen LogP contribution in [0, 0.1) is 0 Å². The molecule has 2 N–H and O–H groups in total. The van der Waals surface area contributed by atoms with E-state index in [0.717, 1.165) is 62.6 Å². The molecule has 0 radical (unpaired) electrons. The summed E-state index contributed by atoms with van der Waals surface area (Å²) in [5.74, 6) is 0.809. The van der Waals surface area contributed by atoms with E-state index in [1.54, 1.807) is 7.05 Å². The van der Waals surface area contributed by atoms with E-state index in [0.29, 0.717) is 6.10 Å². The van der Waals surface area contributed by atoms with Gasteiger partial charge in [-0.05, 0) is 37.0 Å². The van der Waals surface area contributed by atoms with Crippen LogP contribution in [-0.2, 0) is 16.0 Å². The zero-order chi connectivity index (χ0) is 16.3. The number of benzene rings is 1. The maximum atomic E-state index is 5.64. The molecule has 0 aromatic heterocycles. The van der Waals surface area contributed by atoms with Crippen LogP contribution in [0.3, 0.4) is 0 Å². The van der Waals surface area contributed by atoms with Crippen molar-refractivity contribution in [1.82, 2.24) is 10.6 Å². The zero-order valence-corrected chi connectivity index (χ0v) is 18.0. The van der Waals surface area contributed by atoms with Crippen LogP contribution in [0.5, 0.6) is 0 Å². The van der Waals surface area contributed by atoms with Crippen LogP contribution in [0.4, 0.5) is 0 Å². The average Bonchev–Trinajstić information content (AvgIpc) is 3.07. The van der Waals surface area contributed by atoms with E-state index in [9.17, 15) is 0 Å². The van der Waals surface area contributed by atoms with Gasteiger partial charge in [0.2, 0.25) is 0 Å². The van der Waals surface area contributed by atoms with E-state index in [1.165, 1.54) is 5.56 Å². The Morgan fingerprint density at radius 3 is 3.00 bits per heavy atom. The lowest BCUT2D eigenvalue weighted by Crippen LogP contribution is -2.37. The molecule has 1 atom stereocenters. The van der Waals surface area contributed by atoms with Gasteiger partial charge < -0.3 is 20.1 Å². The van der Waals surface area contributed by atoms with Gasteiger partial charge in [-0.25, -0.2) is 0 Å². The van der Waals surface area contributed by atoms with Gasteiger partial charge in [0.15, 0.2) is 5.96 Å². The highest BCUT2D eigenvalue weighted by Crippen LogP contribution is 2.12. The van der Waals surface area contributed by atoms with Gasteiger partial charge in [-0.1, -0.05) is 28.1 Å². The van der Waals surface area contributed by atoms with Gasteiger partial charge in [0.1, 0.15) is 0 Å². The maximum absolute atomic E-state index is 5.64. The summed E-state index contributed by atoms with van der Waals surface area (Å²) in [5, 5.41) is 6.60. The fraction of sp³-hybridized carbons (Fsp3) is 0.588. The molecule has 1 aliphatic heterocycles. The van der Waals surface area contributed by atoms with Gasteiger partial charge in [0.05, 0.1) is 12.7 Å². The predicted octanol–water partition coefficient (Wildman–Crippen LogP) is 3.32. The van der Waals surface area contributed by atoms with E-state index in [1.807, 2.05) is 12.1 Å². The first kappa shape index (κ1) is 21.7. The van der Waals surface area contributed by atoms with E-state index >= 15 is 0 Å². The Morgan fingerprint density at radius 1 is 1.42 bits per heavy atom. The molecular formula is C17H27BrIN3O2. The largest absolute Gasteiger partial charge is 0.379 e. The molecule has 0 amide bonds. The van der Waals surface area contributed by atoms with Crippen molar-refractivity contribution in [3.8, 4) is 0 Å². The summed E-state index contributed by atoms with van der Waals surface area (Å²) in [5.41, 5.74) is 1.21. The third-order valence-electron chi connectivity index (χ3n) is 3.66. The number of ether oxygens (including phenoxy) is 2. The number of halogens is 2. The predicted molar refractivity (Wildman–Crippen MR) is 112 cm³/mol. The maximum Gasteiger partial charge on any atom is 0.191 e. The molecule has 1 unspecified atom stereocenters. The van der Waals surface area contributed by atoms with Crippen LogP contribution in [0.25, 0.3) is 0 Å². The van der Waals surface area contributed by atoms with Gasteiger partial charge in [-0.3, -0.25) is 4.99 Å². The second-order valence-electron chi connectivity index (χ2n) is 5.55. The Labute approximate surface area is 170 Å². The molecule has 1 aromatic carbocycles. The number of rotatable bonds is 8. The van der Waals surface area contributed by atoms with E-state index < -0.39 is 0 Å². The first-order valence-electron chi connectivity index (χ1n) is 8.16. The topological polar surface area (TPSA) is 54.9 Å². The summed E-state index contributed by atoms with van der Waals surface area (Å²) in [6, 6.07) is 8.24. The fourth-order valence-corrected chi connectivity index (χ4v) is 2.87. The third kappa shape index (κ3) is 8.64. The summed E-state index contributed by atoms with van der Waals surface area (Å²) >= 11 is 3.48. The van der Waals surface area contributed by atoms with Crippen molar-refractivity contribution in [2.75, 3.05) is 33.4 Å². The normalized spacial score (nSPS) is 17.4. The highest BCUT2D eigenvalue weighted by atomic mass is 127. The second kappa shape index (κ2) is 12.9. The third-order valence-corrected chi connectivity index (χ3v) is 4.15. The molecule has 1 aromatic rings. The molecule has 0 aliphatic carbocycles. The second-order valence-corrected chi connectivity index (χ2v) is 6.46. The minimum atomic E-state index is 0. The molecule has 0 spiro atoms. The van der Waals surface area contributed by atoms with Crippen molar-refractivity contribution in [1.29, 1.82) is 0 Å². The van der Waals surface area contributed by atoms with Crippen molar-refractivity contribution >= 4 is 45.9 Å². The highest BCUT2D eigenvalue weighted by molar-refractivity contribution is 14.0. The monoisotopic (exact) mass is 511 g/mol. The van der Waals surface area contributed by atoms with Crippen LogP contribution in [0.1, 0.15) is 24.8 Å². The van der Waals surface area contributed by atoms with Crippen LogP contribution in [0.2, 0.25) is 0 Å². The minimum absolute atomic E-state index is 0. The molecule has 1 saturated heterocycles. The number of nitrogens with one attached hydrogen (secondary N) is 2. The summed E-state index contributed by atoms with van der Waals surface area (Å²) in [6.45, 7) is 3.93. The first-order valence-corrected chi connectivity index (χ1v) is 8.95. The van der Waals surface area contributed by atoms with Crippen LogP contribution in [-0.4, -0.2) is 45.5 Å². The van der Waals surface area contributed by atoms with E-state index in [4.69, 9.17) is 9.47 Å². The molecule has 7 heteroatoms. The summed E-state index contributed by atoms with van der Waals surface area (Å²) in [6.07, 6.45) is 3.55. The Morgan fingerprint density at radius 2 is 2.29 bits per heavy atom. The number of nitrogens with zero attached hydrogens (tertiary/aromatic N) is 1. The highest BCUT2D eigenvalue weighted by Gasteiger charge is 2.14. The molecule has 1 aliphatic rings. The zero-order valence-electron chi connectivity index (χ0n) is 14.1. The van der Waals surface area contributed by atoms with Crippen LogP contribution < -0.4 is 10.6 Å². The molecule has 1 heterocycles. The number of hydrogen-bond acceptors (Lipinski definition) is 3. The standard InChI is InChI=1S/C17H26BrN3O2.HI/c1-19-17(21-12-14-5-2-6-15(18)11-14)20-8-4-9-22-13-16-7-3-10-23-16;/h2,5-6,11,16H,3-4,7-10,12-13H2,1H3,(H2,19,20,21);1H. The number of aliphatic imine (C=N–C) groups is 1. The summed E-state index contributed by atoms with van der Waals surface area (Å²) in [7, 11) is 1.78. The SMILES string of the molecule is CN=C(NCCCOCC1CCCO1)NCc1cccc(Br)c1.I. The lowest BCUT2D eigenvalue weighted by Gasteiger charge is -2.13. The first-order chi connectivity index (χ1) is 11.3. The van der Waals surface area contributed by atoms with Crippen LogP contribution in [0.15, 0.2) is 33.7 Å². The molecular weight excluding hydrogens is 485 g/mol. The van der Waals surface area contributed by atoms with Gasteiger partial charge >= 0.3 is 0 Å². The van der Waals surface area contributed by atoms with E-state index in [2.05, 4.69) is 43.7 Å². The van der Waals surface area contributed by atoms with Crippen molar-refractivity contribution in [2.24, 2.45) is 4.99 Å². The van der Waals surface area contributed by atoms with Gasteiger partial charge in [0.25, 0.3) is 0 Å². The average molecular weight is 512 g/mol. The Balaban J connectivity index is 0.00000288. The lowest BCUT2D eigenvalue weighted by molar-refractivity contribution is 0.0168. The van der Waals surface area contributed by atoms with Crippen molar-refractivity contribution in [3.05, 3.63) is 34.3 Å². The number of hydrogen-bond donors (Lipinski definition) is 2. The fourth-order valence-electron chi connectivity index (χ4n) is 2.42. The van der Waals surface area contributed by atoms with Crippen molar-refractivity contribution in [2.45, 2.75) is 31.9 Å². The molecule has 0 saturated carbocycles. The molecule has 1 fully saturated rings. The van der Waals surface area contributed by atoms with Gasteiger partial charge in [0, 0.05) is 37.8 Å².